The van der Waals surface area contributed by atoms with Gasteiger partial charge in [-0.2, -0.15) is 0 Å². The molecular weight excluding hydrogens is 382 g/mol. The lowest BCUT2D eigenvalue weighted by atomic mass is 10.0. The molecule has 0 aliphatic carbocycles. The molecule has 29 heavy (non-hydrogen) atoms. The predicted molar refractivity (Wildman–Crippen MR) is 114 cm³/mol. The summed E-state index contributed by atoms with van der Waals surface area (Å²) in [5.74, 6) is -0.379. The maximum absolute atomic E-state index is 11.2. The van der Waals surface area contributed by atoms with E-state index in [-0.39, 0.29) is 5.56 Å². The van der Waals surface area contributed by atoms with Crippen LogP contribution in [0.2, 0.25) is 0 Å². The van der Waals surface area contributed by atoms with E-state index in [0.717, 1.165) is 28.1 Å². The van der Waals surface area contributed by atoms with Crippen molar-refractivity contribution in [3.05, 3.63) is 96.1 Å². The minimum Gasteiger partial charge on any atom is -0.478 e. The summed E-state index contributed by atoms with van der Waals surface area (Å²) in [7, 11) is 0. The molecule has 0 aliphatic rings. The van der Waals surface area contributed by atoms with Gasteiger partial charge in [0.05, 0.1) is 5.56 Å². The van der Waals surface area contributed by atoms with Crippen LogP contribution in [0.5, 0.6) is 0 Å². The molecule has 4 aromatic rings. The zero-order chi connectivity index (χ0) is 20.1. The molecule has 0 aliphatic heterocycles. The summed E-state index contributed by atoms with van der Waals surface area (Å²) >= 11 is 1.43. The van der Waals surface area contributed by atoms with Crippen molar-refractivity contribution < 1.29 is 9.90 Å². The summed E-state index contributed by atoms with van der Waals surface area (Å²) in [6, 6.07) is 26.6. The molecule has 0 saturated heterocycles. The van der Waals surface area contributed by atoms with Crippen LogP contribution in [-0.4, -0.2) is 26.3 Å². The van der Waals surface area contributed by atoms with Crippen molar-refractivity contribution in [2.24, 2.45) is 0 Å². The lowest BCUT2D eigenvalue weighted by Gasteiger charge is -2.09. The number of hydrogen-bond donors (Lipinski definition) is 1. The van der Waals surface area contributed by atoms with E-state index in [1.807, 2.05) is 66.7 Å². The Balaban J connectivity index is 1.65. The second kappa shape index (κ2) is 8.67. The topological polar surface area (TPSA) is 76.0 Å². The molecule has 1 aromatic heterocycles. The fraction of sp³-hybridized carbons (Fsp3) is 0.0435. The van der Waals surface area contributed by atoms with Crippen molar-refractivity contribution in [3.63, 3.8) is 0 Å². The Kier molecular flexibility index (Phi) is 5.63. The maximum atomic E-state index is 11.2. The van der Waals surface area contributed by atoms with Gasteiger partial charge in [0.25, 0.3) is 0 Å². The molecule has 0 amide bonds. The molecule has 6 heteroatoms. The predicted octanol–water partition coefficient (Wildman–Crippen LogP) is 5.20. The van der Waals surface area contributed by atoms with Crippen LogP contribution in [0.1, 0.15) is 15.9 Å². The lowest BCUT2D eigenvalue weighted by molar-refractivity contribution is 0.0697. The molecule has 0 fully saturated rings. The van der Waals surface area contributed by atoms with Crippen LogP contribution in [0.4, 0.5) is 0 Å². The number of benzene rings is 3. The average molecular weight is 399 g/mol. The molecule has 0 spiro atoms. The molecule has 0 unspecified atom stereocenters. The van der Waals surface area contributed by atoms with Crippen molar-refractivity contribution >= 4 is 17.7 Å². The van der Waals surface area contributed by atoms with Gasteiger partial charge in [0, 0.05) is 16.9 Å². The minimum absolute atomic E-state index is 0.270. The first-order valence-electron chi connectivity index (χ1n) is 9.01. The van der Waals surface area contributed by atoms with Crippen LogP contribution in [0.3, 0.4) is 0 Å². The van der Waals surface area contributed by atoms with Gasteiger partial charge < -0.3 is 5.11 Å². The smallest absolute Gasteiger partial charge is 0.335 e. The molecule has 4 rings (SSSR count). The maximum Gasteiger partial charge on any atom is 0.335 e. The zero-order valence-electron chi connectivity index (χ0n) is 15.4. The SMILES string of the molecule is O=C(O)c1cccc(CSc2nnc(-c3ccccc3)c(-c3ccccc3)n2)c1. The third-order valence-electron chi connectivity index (χ3n) is 4.30. The zero-order valence-corrected chi connectivity index (χ0v) is 16.2. The van der Waals surface area contributed by atoms with Crippen LogP contribution in [0.25, 0.3) is 22.5 Å². The molecule has 0 atom stereocenters. The number of carboxylic acid groups (broad SMARTS) is 1. The van der Waals surface area contributed by atoms with Gasteiger partial charge in [-0.25, -0.2) is 9.78 Å². The highest BCUT2D eigenvalue weighted by molar-refractivity contribution is 7.98. The fourth-order valence-corrected chi connectivity index (χ4v) is 3.63. The van der Waals surface area contributed by atoms with Gasteiger partial charge in [-0.05, 0) is 17.7 Å². The number of aromatic carboxylic acids is 1. The van der Waals surface area contributed by atoms with Crippen molar-refractivity contribution in [2.75, 3.05) is 0 Å². The molecule has 1 N–H and O–H groups in total. The number of aromatic nitrogens is 3. The number of nitrogens with zero attached hydrogens (tertiary/aromatic N) is 3. The van der Waals surface area contributed by atoms with Gasteiger partial charge >= 0.3 is 5.97 Å². The Morgan fingerprint density at radius 1 is 0.793 bits per heavy atom. The second-order valence-electron chi connectivity index (χ2n) is 6.32. The fourth-order valence-electron chi connectivity index (χ4n) is 2.90. The molecule has 3 aromatic carbocycles. The van der Waals surface area contributed by atoms with Gasteiger partial charge in [-0.15, -0.1) is 10.2 Å². The molecule has 0 radical (unpaired) electrons. The van der Waals surface area contributed by atoms with E-state index in [9.17, 15) is 4.79 Å². The third-order valence-corrected chi connectivity index (χ3v) is 5.21. The Bertz CT molecular complexity index is 1140. The Morgan fingerprint density at radius 2 is 1.45 bits per heavy atom. The second-order valence-corrected chi connectivity index (χ2v) is 7.26. The highest BCUT2D eigenvalue weighted by Crippen LogP contribution is 2.30. The van der Waals surface area contributed by atoms with Gasteiger partial charge in [0.1, 0.15) is 11.4 Å². The summed E-state index contributed by atoms with van der Waals surface area (Å²) in [6.07, 6.45) is 0. The average Bonchev–Trinajstić information content (AvgIpc) is 2.79. The van der Waals surface area contributed by atoms with E-state index in [1.54, 1.807) is 18.2 Å². The van der Waals surface area contributed by atoms with Crippen LogP contribution < -0.4 is 0 Å². The van der Waals surface area contributed by atoms with E-state index in [4.69, 9.17) is 10.1 Å². The summed E-state index contributed by atoms with van der Waals surface area (Å²) in [5.41, 5.74) is 4.59. The van der Waals surface area contributed by atoms with E-state index in [2.05, 4.69) is 10.2 Å². The third kappa shape index (κ3) is 4.50. The highest BCUT2D eigenvalue weighted by Gasteiger charge is 2.14. The van der Waals surface area contributed by atoms with Crippen molar-refractivity contribution in [2.45, 2.75) is 10.9 Å². The molecule has 142 valence electrons. The van der Waals surface area contributed by atoms with Crippen LogP contribution in [0.15, 0.2) is 90.1 Å². The number of carbonyl (C=O) groups is 1. The molecular formula is C23H17N3O2S. The highest BCUT2D eigenvalue weighted by atomic mass is 32.2. The van der Waals surface area contributed by atoms with E-state index < -0.39 is 5.97 Å². The first-order valence-corrected chi connectivity index (χ1v) is 10.00. The monoisotopic (exact) mass is 399 g/mol. The molecule has 0 bridgehead atoms. The largest absolute Gasteiger partial charge is 0.478 e. The van der Waals surface area contributed by atoms with E-state index in [1.165, 1.54) is 11.8 Å². The number of rotatable bonds is 6. The molecule has 1 heterocycles. The standard InChI is InChI=1S/C23H17N3O2S/c27-22(28)19-13-7-8-16(14-19)15-29-23-24-20(17-9-3-1-4-10-17)21(25-26-23)18-11-5-2-6-12-18/h1-14H,15H2,(H,27,28). The van der Waals surface area contributed by atoms with Crippen molar-refractivity contribution in [1.82, 2.24) is 15.2 Å². The van der Waals surface area contributed by atoms with E-state index >= 15 is 0 Å². The van der Waals surface area contributed by atoms with Crippen molar-refractivity contribution in [1.29, 1.82) is 0 Å². The van der Waals surface area contributed by atoms with Crippen LogP contribution >= 0.6 is 11.8 Å². The van der Waals surface area contributed by atoms with Crippen LogP contribution in [0, 0.1) is 0 Å². The summed E-state index contributed by atoms with van der Waals surface area (Å²) in [4.78, 5) is 15.9. The number of thioether (sulfide) groups is 1. The summed E-state index contributed by atoms with van der Waals surface area (Å²) < 4.78 is 0. The summed E-state index contributed by atoms with van der Waals surface area (Å²) in [6.45, 7) is 0. The van der Waals surface area contributed by atoms with Gasteiger partial charge in [-0.3, -0.25) is 0 Å². The Labute approximate surface area is 172 Å². The first kappa shape index (κ1) is 18.8. The normalized spacial score (nSPS) is 10.6. The van der Waals surface area contributed by atoms with Gasteiger partial charge in [0.15, 0.2) is 0 Å². The summed E-state index contributed by atoms with van der Waals surface area (Å²) in [5, 5.41) is 18.5. The molecule has 5 nitrogen and oxygen atoms in total. The van der Waals surface area contributed by atoms with Crippen LogP contribution in [-0.2, 0) is 5.75 Å². The van der Waals surface area contributed by atoms with Crippen molar-refractivity contribution in [3.8, 4) is 22.5 Å². The number of hydrogen-bond acceptors (Lipinski definition) is 5. The minimum atomic E-state index is -0.937. The quantitative estimate of drug-likeness (QED) is 0.449. The number of carboxylic acids is 1. The molecule has 0 saturated carbocycles. The Morgan fingerprint density at radius 3 is 2.10 bits per heavy atom. The van der Waals surface area contributed by atoms with Gasteiger partial charge in [-0.1, -0.05) is 84.6 Å². The van der Waals surface area contributed by atoms with E-state index in [0.29, 0.717) is 10.9 Å². The first-order chi connectivity index (χ1) is 14.2. The van der Waals surface area contributed by atoms with Gasteiger partial charge in [0.2, 0.25) is 5.16 Å². The Hall–Kier alpha value is -3.51. The lowest BCUT2D eigenvalue weighted by Crippen LogP contribution is -2.00.